The number of nitrogens with zero attached hydrogens (tertiary/aromatic N) is 8. The third-order valence-corrected chi connectivity index (χ3v) is 26.9. The summed E-state index contributed by atoms with van der Waals surface area (Å²) in [7, 11) is 0. The zero-order chi connectivity index (χ0) is 103. The largest absolute Gasteiger partial charge is 0.310 e. The molecule has 0 aliphatic heterocycles. The normalized spacial score (nSPS) is 10.9. The molecule has 9 heteroatoms. The summed E-state index contributed by atoms with van der Waals surface area (Å²) in [4.78, 5) is 19.0. The second-order valence-electron chi connectivity index (χ2n) is 39.2. The van der Waals surface area contributed by atoms with Gasteiger partial charge < -0.3 is 39.2 Å². The minimum atomic E-state index is 0.683. The maximum absolute atomic E-state index is 6.86. The molecular weight excluding hydrogens is 1830 g/mol. The quantitative estimate of drug-likeness (QED) is 0.0479. The van der Waals surface area contributed by atoms with E-state index in [0.29, 0.717) is 5.02 Å². The first-order valence-corrected chi connectivity index (χ1v) is 51.7. The smallest absolute Gasteiger partial charge is 0.0503 e. The van der Waals surface area contributed by atoms with Crippen molar-refractivity contribution in [1.29, 1.82) is 0 Å². The van der Waals surface area contributed by atoms with E-state index in [1.54, 1.807) is 0 Å². The molecule has 0 saturated heterocycles. The lowest BCUT2D eigenvalue weighted by Crippen LogP contribution is -2.17. The van der Waals surface area contributed by atoms with E-state index >= 15 is 0 Å². The molecule has 149 heavy (non-hydrogen) atoms. The highest BCUT2D eigenvalue weighted by Crippen LogP contribution is 2.52. The highest BCUT2D eigenvalue weighted by atomic mass is 35.5. The molecule has 8 nitrogen and oxygen atoms in total. The van der Waals surface area contributed by atoms with E-state index in [9.17, 15) is 0 Å². The van der Waals surface area contributed by atoms with Gasteiger partial charge in [-0.15, -0.1) is 0 Å². The van der Waals surface area contributed by atoms with Crippen LogP contribution in [0.3, 0.4) is 0 Å². The second kappa shape index (κ2) is 46.6. The van der Waals surface area contributed by atoms with Crippen molar-refractivity contribution in [2.45, 2.75) is 95.9 Å². The van der Waals surface area contributed by atoms with Gasteiger partial charge in [0, 0.05) is 107 Å². The maximum Gasteiger partial charge on any atom is 0.0503 e. The van der Waals surface area contributed by atoms with E-state index in [0.717, 1.165) is 149 Å². The van der Waals surface area contributed by atoms with Crippen LogP contribution < -0.4 is 39.2 Å². The Hall–Kier alpha value is -17.7. The highest BCUT2D eigenvalue weighted by molar-refractivity contribution is 6.31. The first-order valence-electron chi connectivity index (χ1n) is 51.3. The summed E-state index contributed by atoms with van der Waals surface area (Å²) in [5.41, 5.74) is 44.6. The molecule has 0 atom stereocenters. The Morgan fingerprint density at radius 1 is 0.114 bits per heavy atom. The second-order valence-corrected chi connectivity index (χ2v) is 39.6. The van der Waals surface area contributed by atoms with Gasteiger partial charge in [-0.1, -0.05) is 285 Å². The van der Waals surface area contributed by atoms with Crippen molar-refractivity contribution in [2.24, 2.45) is 0 Å². The molecule has 0 unspecified atom stereocenters. The molecule has 21 rings (SSSR count). The number of rotatable bonds is 28. The number of aryl methyl sites for hydroxylation is 12. The lowest BCUT2D eigenvalue weighted by molar-refractivity contribution is 1.14. The van der Waals surface area contributed by atoms with Gasteiger partial charge in [0.15, 0.2) is 0 Å². The summed E-state index contributed by atoms with van der Waals surface area (Å²) in [6, 6.07) is 186. The minimum Gasteiger partial charge on any atom is -0.310 e. The Morgan fingerprint density at radius 3 is 0.423 bits per heavy atom. The van der Waals surface area contributed by atoms with Crippen molar-refractivity contribution in [3.63, 3.8) is 0 Å². The van der Waals surface area contributed by atoms with Gasteiger partial charge in [-0.05, 0) is 428 Å². The van der Waals surface area contributed by atoms with Gasteiger partial charge in [-0.25, -0.2) is 0 Å². The predicted octanol–water partition coefficient (Wildman–Crippen LogP) is 40.4. The fourth-order valence-corrected chi connectivity index (χ4v) is 20.2. The van der Waals surface area contributed by atoms with E-state index in [1.165, 1.54) is 89.0 Å². The lowest BCUT2D eigenvalue weighted by atomic mass is 9.99. The topological polar surface area (TPSA) is 25.9 Å². The average molecular weight is 1960 g/mol. The maximum atomic E-state index is 6.86. The van der Waals surface area contributed by atoms with Crippen molar-refractivity contribution in [3.05, 3.63) is 610 Å². The Bertz CT molecular complexity index is 7240. The molecule has 0 amide bonds. The van der Waals surface area contributed by atoms with E-state index < -0.39 is 0 Å². The zero-order valence-corrected chi connectivity index (χ0v) is 87.7. The van der Waals surface area contributed by atoms with Crippen LogP contribution in [0.25, 0.3) is 0 Å². The summed E-state index contributed by atoms with van der Waals surface area (Å²) in [5, 5.41) is 0.683. The Balaban J connectivity index is 0.000000197. The average Bonchev–Trinajstić information content (AvgIpc) is 0.757. The molecule has 0 aliphatic carbocycles. The van der Waals surface area contributed by atoms with Crippen LogP contribution in [0.15, 0.2) is 516 Å². The summed E-state index contributed by atoms with van der Waals surface area (Å²) >= 11 is 6.86. The summed E-state index contributed by atoms with van der Waals surface area (Å²) < 4.78 is 0. The third kappa shape index (κ3) is 24.8. The Labute approximate surface area is 886 Å². The molecular formula is C140H125ClN8. The number of anilines is 24. The van der Waals surface area contributed by atoms with Crippen LogP contribution in [0.2, 0.25) is 5.02 Å². The fraction of sp³-hybridized carbons (Fsp3) is 0.100. The fourth-order valence-electron chi connectivity index (χ4n) is 20.0. The minimum absolute atomic E-state index is 0.683. The van der Waals surface area contributed by atoms with Crippen molar-refractivity contribution in [1.82, 2.24) is 0 Å². The van der Waals surface area contributed by atoms with Gasteiger partial charge in [0.25, 0.3) is 0 Å². The molecule has 0 aliphatic rings. The van der Waals surface area contributed by atoms with Crippen LogP contribution in [0.1, 0.15) is 89.0 Å². The van der Waals surface area contributed by atoms with Crippen LogP contribution in [-0.2, 0) is 12.8 Å². The first kappa shape index (κ1) is 100. The number of benzene rings is 21. The summed E-state index contributed by atoms with van der Waals surface area (Å²) in [5.74, 6) is 0. The zero-order valence-electron chi connectivity index (χ0n) is 86.9. The van der Waals surface area contributed by atoms with Gasteiger partial charge in [0.2, 0.25) is 0 Å². The molecule has 21 aromatic rings. The number of hydrogen-bond donors (Lipinski definition) is 0. The monoisotopic (exact) mass is 1950 g/mol. The molecule has 21 aromatic carbocycles. The number of hydrogen-bond acceptors (Lipinski definition) is 8. The van der Waals surface area contributed by atoms with Crippen LogP contribution in [-0.4, -0.2) is 0 Å². The predicted molar refractivity (Wildman–Crippen MR) is 637 cm³/mol. The van der Waals surface area contributed by atoms with Crippen LogP contribution in [0, 0.1) is 83.1 Å². The van der Waals surface area contributed by atoms with Crippen molar-refractivity contribution in [2.75, 3.05) is 39.2 Å². The summed E-state index contributed by atoms with van der Waals surface area (Å²) in [6.45, 7) is 25.9. The number of halogens is 1. The molecule has 0 N–H and O–H groups in total. The van der Waals surface area contributed by atoms with E-state index in [-0.39, 0.29) is 0 Å². The summed E-state index contributed by atoms with van der Waals surface area (Å²) in [6.07, 6.45) is 2.01. The molecule has 732 valence electrons. The van der Waals surface area contributed by atoms with Crippen LogP contribution >= 0.6 is 11.6 Å². The van der Waals surface area contributed by atoms with Crippen LogP contribution in [0.4, 0.5) is 136 Å². The molecule has 0 spiro atoms. The standard InChI is InChI=1S/C86H76N6.C34H31ClN2.C20H18/c1-61-24-15-36-71(46-61)89(72-37-16-25-62(2)47-72)83-55-81(56-84(59-83)90(73-38-17-26-63(3)48-73)74-39-18-27-64(4)49-74)87(69-32-11-9-12-33-69)79-44-23-45-80(54-79)88(70-34-13-10-14-35-70)82-57-85(91(75-40-19-28-65(5)50-75)76-41-20-29-66(6)51-76)60-86(58-82)92(77-42-21-30-67(7)52-77)78-43-22-31-68(8)53-78;1-24-9-5-13-29(17-24)36(30-14-6-10-25(2)18-30)33-21-28(35)22-34(23-33)37(31-15-7-11-26(3)19-31)32-16-8-12-27(4)20-32;1-3-8-17(9-4-1)14-19-12-7-13-20(16-19)15-18-10-5-2-6-11-18/h9-60H,1-8H3;5-23H,1-4H3;1-13,16H,14-15H2. The molecule has 0 radical (unpaired) electrons. The Kier molecular flexibility index (Phi) is 31.3. The SMILES string of the molecule is Cc1cccc(N(c2cccc(C)c2)c2cc(Cl)cc(N(c3cccc(C)c3)c3cccc(C)c3)c2)c1.Cc1cccc(N(c2cccc(C)c2)c2cc(N(c3cccc(C)c3)c3cccc(C)c3)cc(N(c3ccccc3)c3cccc(N(c4ccccc4)c4cc(N(c5cccc(C)c5)c5cccc(C)c5)cc(N(c5cccc(C)c5)c5cccc(C)c5)c4)c3)c2)c1.c1ccc(Cc2cccc(Cc3ccccc3)c2)cc1. The van der Waals surface area contributed by atoms with Crippen molar-refractivity contribution >= 4 is 148 Å². The van der Waals surface area contributed by atoms with Gasteiger partial charge in [0.05, 0.1) is 34.1 Å². The van der Waals surface area contributed by atoms with E-state index in [4.69, 9.17) is 11.6 Å². The van der Waals surface area contributed by atoms with Gasteiger partial charge >= 0.3 is 0 Å². The van der Waals surface area contributed by atoms with E-state index in [1.807, 2.05) is 12.1 Å². The highest BCUT2D eigenvalue weighted by Gasteiger charge is 2.29. The third-order valence-electron chi connectivity index (χ3n) is 26.7. The van der Waals surface area contributed by atoms with Crippen molar-refractivity contribution < 1.29 is 0 Å². The first-order chi connectivity index (χ1) is 72.6. The van der Waals surface area contributed by atoms with Crippen LogP contribution in [0.5, 0.6) is 0 Å². The molecule has 0 heterocycles. The van der Waals surface area contributed by atoms with Gasteiger partial charge in [-0.2, -0.15) is 0 Å². The van der Waals surface area contributed by atoms with E-state index in [2.05, 4.69) is 626 Å². The Morgan fingerprint density at radius 2 is 0.242 bits per heavy atom. The van der Waals surface area contributed by atoms with Gasteiger partial charge in [0.1, 0.15) is 0 Å². The molecule has 0 fully saturated rings. The molecule has 0 bridgehead atoms. The molecule has 0 aromatic heterocycles. The van der Waals surface area contributed by atoms with Gasteiger partial charge in [-0.3, -0.25) is 0 Å². The number of para-hydroxylation sites is 2. The van der Waals surface area contributed by atoms with Crippen molar-refractivity contribution in [3.8, 4) is 0 Å². The molecule has 0 saturated carbocycles. The lowest BCUT2D eigenvalue weighted by Gasteiger charge is -2.34.